The van der Waals surface area contributed by atoms with Gasteiger partial charge < -0.3 is 10.5 Å². The highest BCUT2D eigenvalue weighted by molar-refractivity contribution is 6.30. The van der Waals surface area contributed by atoms with Gasteiger partial charge in [-0.2, -0.15) is 0 Å². The zero-order valence-corrected chi connectivity index (χ0v) is 13.1. The van der Waals surface area contributed by atoms with Gasteiger partial charge in [0.15, 0.2) is 0 Å². The van der Waals surface area contributed by atoms with Crippen LogP contribution in [0.5, 0.6) is 5.75 Å². The summed E-state index contributed by atoms with van der Waals surface area (Å²) < 4.78 is 5.85. The number of benzene rings is 2. The minimum atomic E-state index is -0.815. The molecule has 0 saturated carbocycles. The van der Waals surface area contributed by atoms with Gasteiger partial charge >= 0.3 is 0 Å². The Hall–Kier alpha value is -2.00. The number of halogens is 1. The summed E-state index contributed by atoms with van der Waals surface area (Å²) in [7, 11) is 0. The molecule has 2 aromatic rings. The topological polar surface area (TPSA) is 52.3 Å². The summed E-state index contributed by atoms with van der Waals surface area (Å²) in [5, 5.41) is 0.627. The first kappa shape index (κ1) is 15.4. The van der Waals surface area contributed by atoms with Gasteiger partial charge in [-0.05, 0) is 55.7 Å². The van der Waals surface area contributed by atoms with E-state index in [2.05, 4.69) is 0 Å². The van der Waals surface area contributed by atoms with Gasteiger partial charge in [-0.1, -0.05) is 29.8 Å². The van der Waals surface area contributed by atoms with Crippen LogP contribution in [0.15, 0.2) is 36.4 Å². The first-order valence-electron chi connectivity index (χ1n) is 6.68. The van der Waals surface area contributed by atoms with Crippen LogP contribution in [-0.2, 0) is 4.79 Å². The lowest BCUT2D eigenvalue weighted by molar-refractivity contribution is -0.125. The molecule has 0 aliphatic heterocycles. The van der Waals surface area contributed by atoms with Crippen molar-refractivity contribution in [1.29, 1.82) is 0 Å². The molecule has 1 unspecified atom stereocenters. The maximum Gasteiger partial charge on any atom is 0.263 e. The second kappa shape index (κ2) is 6.19. The molecule has 0 heterocycles. The molecule has 1 atom stereocenters. The molecule has 110 valence electrons. The van der Waals surface area contributed by atoms with Crippen molar-refractivity contribution in [1.82, 2.24) is 0 Å². The highest BCUT2D eigenvalue weighted by Crippen LogP contribution is 2.29. The Bertz CT molecular complexity index is 682. The first-order chi connectivity index (χ1) is 9.90. The fourth-order valence-corrected chi connectivity index (χ4v) is 2.43. The predicted molar refractivity (Wildman–Crippen MR) is 84.7 cm³/mol. The van der Waals surface area contributed by atoms with Crippen LogP contribution in [0.3, 0.4) is 0 Å². The van der Waals surface area contributed by atoms with Crippen LogP contribution >= 0.6 is 11.6 Å². The summed E-state index contributed by atoms with van der Waals surface area (Å²) in [5.41, 5.74) is 9.27. The molecular formula is C17H18ClNO2. The highest BCUT2D eigenvalue weighted by Gasteiger charge is 2.23. The Balaban J connectivity index is 2.40. The van der Waals surface area contributed by atoms with Crippen molar-refractivity contribution in [2.24, 2.45) is 5.73 Å². The largest absolute Gasteiger partial charge is 0.476 e. The van der Waals surface area contributed by atoms with E-state index in [4.69, 9.17) is 22.1 Å². The van der Waals surface area contributed by atoms with Crippen LogP contribution in [0, 0.1) is 20.8 Å². The van der Waals surface area contributed by atoms with Crippen molar-refractivity contribution in [2.45, 2.75) is 26.9 Å². The van der Waals surface area contributed by atoms with E-state index in [1.165, 1.54) is 0 Å². The molecule has 0 aliphatic rings. The van der Waals surface area contributed by atoms with Crippen molar-refractivity contribution < 1.29 is 9.53 Å². The van der Waals surface area contributed by atoms with Crippen molar-refractivity contribution in [3.8, 4) is 5.75 Å². The van der Waals surface area contributed by atoms with E-state index < -0.39 is 12.0 Å². The number of ether oxygens (including phenoxy) is 1. The normalized spacial score (nSPS) is 12.0. The molecule has 0 fully saturated rings. The van der Waals surface area contributed by atoms with Gasteiger partial charge in [-0.3, -0.25) is 4.79 Å². The average molecular weight is 304 g/mol. The van der Waals surface area contributed by atoms with Gasteiger partial charge in [0.1, 0.15) is 5.75 Å². The Morgan fingerprint density at radius 2 is 1.86 bits per heavy atom. The molecule has 4 heteroatoms. The number of aryl methyl sites for hydroxylation is 2. The van der Waals surface area contributed by atoms with Crippen molar-refractivity contribution in [3.05, 3.63) is 63.7 Å². The Kier molecular flexibility index (Phi) is 4.53. The monoisotopic (exact) mass is 303 g/mol. The van der Waals surface area contributed by atoms with Crippen molar-refractivity contribution >= 4 is 17.5 Å². The SMILES string of the molecule is Cc1cc(Cl)ccc1OC(C(N)=O)c1cccc(C)c1C. The van der Waals surface area contributed by atoms with E-state index in [0.29, 0.717) is 10.8 Å². The van der Waals surface area contributed by atoms with E-state index in [1.807, 2.05) is 39.0 Å². The summed E-state index contributed by atoms with van der Waals surface area (Å²) in [6.07, 6.45) is -0.815. The molecule has 2 rings (SSSR count). The number of carbonyl (C=O) groups is 1. The first-order valence-corrected chi connectivity index (χ1v) is 7.06. The molecule has 3 nitrogen and oxygen atoms in total. The molecule has 0 radical (unpaired) electrons. The van der Waals surface area contributed by atoms with Gasteiger partial charge in [0.05, 0.1) is 0 Å². The zero-order valence-electron chi connectivity index (χ0n) is 12.3. The number of carbonyl (C=O) groups excluding carboxylic acids is 1. The van der Waals surface area contributed by atoms with Gasteiger partial charge in [0.2, 0.25) is 6.10 Å². The maximum absolute atomic E-state index is 11.8. The standard InChI is InChI=1S/C17H18ClNO2/c1-10-5-4-6-14(12(10)3)16(17(19)20)21-15-8-7-13(18)9-11(15)2/h4-9,16H,1-3H3,(H2,19,20). The van der Waals surface area contributed by atoms with Crippen LogP contribution in [0.2, 0.25) is 5.02 Å². The molecular weight excluding hydrogens is 286 g/mol. The third kappa shape index (κ3) is 3.37. The van der Waals surface area contributed by atoms with Gasteiger partial charge in [-0.15, -0.1) is 0 Å². The Morgan fingerprint density at radius 1 is 1.14 bits per heavy atom. The molecule has 0 bridgehead atoms. The summed E-state index contributed by atoms with van der Waals surface area (Å²) >= 11 is 5.93. The third-order valence-corrected chi connectivity index (χ3v) is 3.80. The van der Waals surface area contributed by atoms with Gasteiger partial charge in [-0.25, -0.2) is 0 Å². The van der Waals surface area contributed by atoms with E-state index in [0.717, 1.165) is 22.3 Å². The Labute approximate surface area is 129 Å². The van der Waals surface area contributed by atoms with E-state index in [-0.39, 0.29) is 0 Å². The second-order valence-corrected chi connectivity index (χ2v) is 5.54. The van der Waals surface area contributed by atoms with Crippen LogP contribution in [0.4, 0.5) is 0 Å². The quantitative estimate of drug-likeness (QED) is 0.932. The molecule has 21 heavy (non-hydrogen) atoms. The van der Waals surface area contributed by atoms with Gasteiger partial charge in [0.25, 0.3) is 5.91 Å². The lowest BCUT2D eigenvalue weighted by atomic mass is 9.98. The van der Waals surface area contributed by atoms with E-state index in [1.54, 1.807) is 18.2 Å². The van der Waals surface area contributed by atoms with E-state index in [9.17, 15) is 4.79 Å². The molecule has 0 spiro atoms. The zero-order chi connectivity index (χ0) is 15.6. The van der Waals surface area contributed by atoms with Crippen LogP contribution in [0.1, 0.15) is 28.4 Å². The maximum atomic E-state index is 11.8. The fraction of sp³-hybridized carbons (Fsp3) is 0.235. The predicted octanol–water partition coefficient (Wildman–Crippen LogP) is 3.87. The third-order valence-electron chi connectivity index (χ3n) is 3.57. The second-order valence-electron chi connectivity index (χ2n) is 5.10. The average Bonchev–Trinajstić information content (AvgIpc) is 2.41. The van der Waals surface area contributed by atoms with Gasteiger partial charge in [0, 0.05) is 10.6 Å². The number of primary amides is 1. The lowest BCUT2D eigenvalue weighted by Gasteiger charge is -2.20. The Morgan fingerprint density at radius 3 is 2.48 bits per heavy atom. The minimum Gasteiger partial charge on any atom is -0.476 e. The smallest absolute Gasteiger partial charge is 0.263 e. The van der Waals surface area contributed by atoms with Crippen LogP contribution in [-0.4, -0.2) is 5.91 Å². The summed E-state index contributed by atoms with van der Waals surface area (Å²) in [6, 6.07) is 11.0. The molecule has 0 aromatic heterocycles. The molecule has 1 amide bonds. The van der Waals surface area contributed by atoms with Crippen LogP contribution < -0.4 is 10.5 Å². The molecule has 0 aliphatic carbocycles. The molecule has 2 aromatic carbocycles. The molecule has 2 N–H and O–H groups in total. The van der Waals surface area contributed by atoms with E-state index >= 15 is 0 Å². The summed E-state index contributed by atoms with van der Waals surface area (Å²) in [5.74, 6) is 0.0853. The number of hydrogen-bond acceptors (Lipinski definition) is 2. The van der Waals surface area contributed by atoms with Crippen molar-refractivity contribution in [2.75, 3.05) is 0 Å². The number of hydrogen-bond donors (Lipinski definition) is 1. The number of amides is 1. The highest BCUT2D eigenvalue weighted by atomic mass is 35.5. The molecule has 0 saturated heterocycles. The number of nitrogens with two attached hydrogens (primary N) is 1. The summed E-state index contributed by atoms with van der Waals surface area (Å²) in [4.78, 5) is 11.8. The lowest BCUT2D eigenvalue weighted by Crippen LogP contribution is -2.27. The fourth-order valence-electron chi connectivity index (χ4n) is 2.20. The van der Waals surface area contributed by atoms with Crippen LogP contribution in [0.25, 0.3) is 0 Å². The minimum absolute atomic E-state index is 0.516. The summed E-state index contributed by atoms with van der Waals surface area (Å²) in [6.45, 7) is 5.82. The van der Waals surface area contributed by atoms with Crippen molar-refractivity contribution in [3.63, 3.8) is 0 Å². The number of rotatable bonds is 4.